The van der Waals surface area contributed by atoms with Crippen LogP contribution in [0.2, 0.25) is 0 Å². The average molecular weight is 230 g/mol. The summed E-state index contributed by atoms with van der Waals surface area (Å²) in [6.45, 7) is 1.67. The number of alkyl halides is 1. The molecule has 0 aromatic carbocycles. The number of halogens is 1. The van der Waals surface area contributed by atoms with Gasteiger partial charge in [-0.3, -0.25) is 4.79 Å². The first-order valence-electron chi connectivity index (χ1n) is 5.69. The monoisotopic (exact) mass is 229 g/mol. The van der Waals surface area contributed by atoms with E-state index in [2.05, 4.69) is 5.32 Å². The Morgan fingerprint density at radius 3 is 2.87 bits per heavy atom. The van der Waals surface area contributed by atoms with Crippen LogP contribution < -0.4 is 5.32 Å². The SMILES string of the molecule is O=C(CCl)NCC12CC1COC21CCC1. The molecule has 3 nitrogen and oxygen atoms in total. The summed E-state index contributed by atoms with van der Waals surface area (Å²) in [5.74, 6) is 0.695. The third kappa shape index (κ3) is 1.19. The van der Waals surface area contributed by atoms with Crippen LogP contribution in [0.15, 0.2) is 0 Å². The van der Waals surface area contributed by atoms with E-state index in [0.29, 0.717) is 5.92 Å². The van der Waals surface area contributed by atoms with Crippen molar-refractivity contribution in [1.29, 1.82) is 0 Å². The lowest BCUT2D eigenvalue weighted by Gasteiger charge is -2.45. The van der Waals surface area contributed by atoms with Crippen LogP contribution in [-0.4, -0.2) is 30.5 Å². The molecule has 0 aromatic heterocycles. The number of hydrogen-bond acceptors (Lipinski definition) is 2. The summed E-state index contributed by atoms with van der Waals surface area (Å²) in [4.78, 5) is 11.2. The molecule has 1 aliphatic heterocycles. The van der Waals surface area contributed by atoms with E-state index in [1.54, 1.807) is 0 Å². The Balaban J connectivity index is 1.67. The molecule has 1 spiro atoms. The van der Waals surface area contributed by atoms with E-state index in [1.165, 1.54) is 25.7 Å². The number of rotatable bonds is 3. The van der Waals surface area contributed by atoms with E-state index in [0.717, 1.165) is 13.2 Å². The Labute approximate surface area is 94.5 Å². The molecule has 2 saturated carbocycles. The number of ether oxygens (including phenoxy) is 1. The highest BCUT2D eigenvalue weighted by atomic mass is 35.5. The van der Waals surface area contributed by atoms with Gasteiger partial charge in [-0.2, -0.15) is 0 Å². The second kappa shape index (κ2) is 3.11. The van der Waals surface area contributed by atoms with Gasteiger partial charge in [0.1, 0.15) is 5.88 Å². The van der Waals surface area contributed by atoms with E-state index >= 15 is 0 Å². The second-order valence-electron chi connectivity index (χ2n) is 5.13. The molecule has 0 radical (unpaired) electrons. The molecule has 2 aliphatic carbocycles. The summed E-state index contributed by atoms with van der Waals surface area (Å²) in [5, 5.41) is 2.93. The van der Waals surface area contributed by atoms with Crippen molar-refractivity contribution in [3.63, 3.8) is 0 Å². The van der Waals surface area contributed by atoms with Crippen molar-refractivity contribution >= 4 is 17.5 Å². The van der Waals surface area contributed by atoms with Gasteiger partial charge in [-0.25, -0.2) is 0 Å². The topological polar surface area (TPSA) is 38.3 Å². The largest absolute Gasteiger partial charge is 0.374 e. The quantitative estimate of drug-likeness (QED) is 0.741. The maximum absolute atomic E-state index is 11.2. The molecule has 0 aromatic rings. The van der Waals surface area contributed by atoms with Crippen LogP contribution in [0.25, 0.3) is 0 Å². The fraction of sp³-hybridized carbons (Fsp3) is 0.909. The molecule has 84 valence electrons. The van der Waals surface area contributed by atoms with Gasteiger partial charge in [0.25, 0.3) is 0 Å². The van der Waals surface area contributed by atoms with Crippen molar-refractivity contribution in [2.75, 3.05) is 19.0 Å². The van der Waals surface area contributed by atoms with Gasteiger partial charge in [0, 0.05) is 12.0 Å². The van der Waals surface area contributed by atoms with E-state index in [4.69, 9.17) is 16.3 Å². The molecular weight excluding hydrogens is 214 g/mol. The van der Waals surface area contributed by atoms with E-state index in [1.807, 2.05) is 0 Å². The van der Waals surface area contributed by atoms with Crippen LogP contribution >= 0.6 is 11.6 Å². The van der Waals surface area contributed by atoms with Gasteiger partial charge in [-0.15, -0.1) is 11.6 Å². The molecule has 4 heteroatoms. The van der Waals surface area contributed by atoms with Crippen molar-refractivity contribution < 1.29 is 9.53 Å². The minimum atomic E-state index is -0.0573. The normalized spacial score (nSPS) is 39.7. The van der Waals surface area contributed by atoms with Gasteiger partial charge in [0.2, 0.25) is 5.91 Å². The Morgan fingerprint density at radius 2 is 2.33 bits per heavy atom. The Bertz CT molecular complexity index is 303. The third-order valence-corrected chi connectivity index (χ3v) is 4.83. The van der Waals surface area contributed by atoms with E-state index < -0.39 is 0 Å². The molecule has 3 fully saturated rings. The minimum absolute atomic E-state index is 0.0573. The van der Waals surface area contributed by atoms with Gasteiger partial charge in [0.05, 0.1) is 12.2 Å². The highest BCUT2D eigenvalue weighted by molar-refractivity contribution is 6.27. The van der Waals surface area contributed by atoms with Crippen LogP contribution in [0.5, 0.6) is 0 Å². The molecular formula is C11H16ClNO2. The van der Waals surface area contributed by atoms with Gasteiger partial charge in [0.15, 0.2) is 0 Å². The molecule has 3 rings (SSSR count). The number of carbonyl (C=O) groups is 1. The van der Waals surface area contributed by atoms with Gasteiger partial charge >= 0.3 is 0 Å². The highest BCUT2D eigenvalue weighted by Crippen LogP contribution is 2.70. The summed E-state index contributed by atoms with van der Waals surface area (Å²) < 4.78 is 5.92. The first kappa shape index (κ1) is 9.91. The predicted octanol–water partition coefficient (Wildman–Crippen LogP) is 1.30. The van der Waals surface area contributed by atoms with Crippen LogP contribution in [0, 0.1) is 11.3 Å². The Morgan fingerprint density at radius 1 is 1.53 bits per heavy atom. The lowest BCUT2D eigenvalue weighted by atomic mass is 9.68. The van der Waals surface area contributed by atoms with Crippen molar-refractivity contribution in [2.45, 2.75) is 31.3 Å². The Kier molecular flexibility index (Phi) is 2.05. The molecule has 1 heterocycles. The van der Waals surface area contributed by atoms with Gasteiger partial charge < -0.3 is 10.1 Å². The van der Waals surface area contributed by atoms with Crippen molar-refractivity contribution in [3.05, 3.63) is 0 Å². The number of hydrogen-bond donors (Lipinski definition) is 1. The van der Waals surface area contributed by atoms with Crippen LogP contribution in [-0.2, 0) is 9.53 Å². The van der Waals surface area contributed by atoms with Gasteiger partial charge in [-0.1, -0.05) is 0 Å². The number of carbonyl (C=O) groups excluding carboxylic acids is 1. The zero-order valence-electron chi connectivity index (χ0n) is 8.72. The van der Waals surface area contributed by atoms with Crippen molar-refractivity contribution in [3.8, 4) is 0 Å². The number of amides is 1. The summed E-state index contributed by atoms with van der Waals surface area (Å²) in [7, 11) is 0. The van der Waals surface area contributed by atoms with Crippen LogP contribution in [0.4, 0.5) is 0 Å². The maximum Gasteiger partial charge on any atom is 0.234 e. The number of nitrogens with one attached hydrogen (secondary N) is 1. The van der Waals surface area contributed by atoms with Crippen LogP contribution in [0.3, 0.4) is 0 Å². The summed E-state index contributed by atoms with van der Waals surface area (Å²) in [5.41, 5.74) is 0.393. The number of fused-ring (bicyclic) bond motifs is 2. The fourth-order valence-electron chi connectivity index (χ4n) is 3.38. The maximum atomic E-state index is 11.2. The zero-order valence-corrected chi connectivity index (χ0v) is 9.48. The van der Waals surface area contributed by atoms with Crippen LogP contribution in [0.1, 0.15) is 25.7 Å². The first-order chi connectivity index (χ1) is 7.22. The summed E-state index contributed by atoms with van der Waals surface area (Å²) >= 11 is 5.47. The third-order valence-electron chi connectivity index (χ3n) is 4.58. The standard InChI is InChI=1S/C11H16ClNO2/c12-5-9(14)13-7-10-4-8(10)6-15-11(10)2-1-3-11/h8H,1-7H2,(H,13,14). The summed E-state index contributed by atoms with van der Waals surface area (Å²) in [6.07, 6.45) is 4.87. The molecule has 3 aliphatic rings. The fourth-order valence-corrected chi connectivity index (χ4v) is 3.48. The predicted molar refractivity (Wildman–Crippen MR) is 56.8 cm³/mol. The first-order valence-corrected chi connectivity index (χ1v) is 6.23. The van der Waals surface area contributed by atoms with E-state index in [9.17, 15) is 4.79 Å². The van der Waals surface area contributed by atoms with Gasteiger partial charge in [-0.05, 0) is 31.6 Å². The molecule has 1 amide bonds. The minimum Gasteiger partial charge on any atom is -0.374 e. The summed E-state index contributed by atoms with van der Waals surface area (Å²) in [6, 6.07) is 0. The second-order valence-corrected chi connectivity index (χ2v) is 5.39. The zero-order chi connectivity index (χ0) is 10.5. The molecule has 1 saturated heterocycles. The van der Waals surface area contributed by atoms with E-state index in [-0.39, 0.29) is 22.8 Å². The molecule has 0 bridgehead atoms. The van der Waals surface area contributed by atoms with Crippen molar-refractivity contribution in [1.82, 2.24) is 5.32 Å². The van der Waals surface area contributed by atoms with Crippen molar-refractivity contribution in [2.24, 2.45) is 11.3 Å². The molecule has 2 unspecified atom stereocenters. The highest BCUT2D eigenvalue weighted by Gasteiger charge is 2.73. The Hall–Kier alpha value is -0.280. The average Bonchev–Trinajstić information content (AvgIpc) is 2.81. The molecule has 15 heavy (non-hydrogen) atoms. The molecule has 1 N–H and O–H groups in total. The lowest BCUT2D eigenvalue weighted by Crippen LogP contribution is -2.50. The lowest BCUT2D eigenvalue weighted by molar-refractivity contribution is -0.123. The smallest absolute Gasteiger partial charge is 0.234 e. The molecule has 2 atom stereocenters.